The maximum absolute atomic E-state index is 12.2. The number of methoxy groups -OCH3 is 1. The smallest absolute Gasteiger partial charge is 0.323 e. The molecule has 2 atom stereocenters. The van der Waals surface area contributed by atoms with E-state index in [1.165, 1.54) is 7.11 Å². The number of benzene rings is 2. The average Bonchev–Trinajstić information content (AvgIpc) is 2.99. The van der Waals surface area contributed by atoms with Crippen molar-refractivity contribution in [3.63, 3.8) is 0 Å². The number of esters is 1. The number of para-hydroxylation sites is 1. The third kappa shape index (κ3) is 2.86. The fraction of sp³-hybridized carbons (Fsp3) is 0.211. The van der Waals surface area contributed by atoms with Gasteiger partial charge in [0.1, 0.15) is 6.04 Å². The number of halogens is 2. The fourth-order valence-corrected chi connectivity index (χ4v) is 4.42. The summed E-state index contributed by atoms with van der Waals surface area (Å²) in [5.41, 5.74) is 4.31. The highest BCUT2D eigenvalue weighted by molar-refractivity contribution is 9.10. The molecule has 0 radical (unpaired) electrons. The normalized spacial score (nSPS) is 19.6. The van der Waals surface area contributed by atoms with E-state index in [1.807, 2.05) is 30.3 Å². The second kappa shape index (κ2) is 6.48. The van der Waals surface area contributed by atoms with Gasteiger partial charge in [-0.2, -0.15) is 0 Å². The molecule has 4 nitrogen and oxygen atoms in total. The number of aromatic nitrogens is 1. The summed E-state index contributed by atoms with van der Waals surface area (Å²) in [6.45, 7) is 0. The zero-order chi connectivity index (χ0) is 17.6. The molecule has 0 saturated heterocycles. The Morgan fingerprint density at radius 2 is 2.08 bits per heavy atom. The van der Waals surface area contributed by atoms with Crippen LogP contribution in [0.2, 0.25) is 5.02 Å². The van der Waals surface area contributed by atoms with Gasteiger partial charge in [-0.15, -0.1) is 0 Å². The third-order valence-electron chi connectivity index (χ3n) is 4.67. The molecule has 2 heterocycles. The van der Waals surface area contributed by atoms with Gasteiger partial charge in [-0.1, -0.05) is 51.8 Å². The van der Waals surface area contributed by atoms with Crippen molar-refractivity contribution in [2.24, 2.45) is 0 Å². The molecule has 4 rings (SSSR count). The van der Waals surface area contributed by atoms with Crippen molar-refractivity contribution in [1.29, 1.82) is 0 Å². The predicted octanol–water partition coefficient (Wildman–Crippen LogP) is 4.36. The van der Waals surface area contributed by atoms with Gasteiger partial charge in [0.2, 0.25) is 0 Å². The molecule has 1 aliphatic heterocycles. The standard InChI is InChI=1S/C19H16BrClN2O2/c1-25-19(24)16-9-13-11-4-2-3-5-15(11)22-18(13)17(23-16)12-7-6-10(21)8-14(12)20/h2-8,16-17,22-23H,9H2,1H3/t16-,17-/m0/s1. The molecule has 6 heteroatoms. The molecule has 0 aliphatic carbocycles. The molecule has 25 heavy (non-hydrogen) atoms. The largest absolute Gasteiger partial charge is 0.468 e. The van der Waals surface area contributed by atoms with Crippen LogP contribution in [0.1, 0.15) is 22.9 Å². The van der Waals surface area contributed by atoms with E-state index < -0.39 is 6.04 Å². The van der Waals surface area contributed by atoms with Crippen molar-refractivity contribution in [1.82, 2.24) is 10.3 Å². The van der Waals surface area contributed by atoms with Gasteiger partial charge < -0.3 is 9.72 Å². The number of rotatable bonds is 2. The number of ether oxygens (including phenoxy) is 1. The highest BCUT2D eigenvalue weighted by Gasteiger charge is 2.35. The van der Waals surface area contributed by atoms with Crippen molar-refractivity contribution >= 4 is 44.4 Å². The molecule has 128 valence electrons. The predicted molar refractivity (Wildman–Crippen MR) is 102 cm³/mol. The molecule has 3 aromatic rings. The molecule has 0 saturated carbocycles. The summed E-state index contributed by atoms with van der Waals surface area (Å²) >= 11 is 9.69. The van der Waals surface area contributed by atoms with Crippen LogP contribution in [0.3, 0.4) is 0 Å². The lowest BCUT2D eigenvalue weighted by Gasteiger charge is -2.30. The number of aromatic amines is 1. The number of H-pyrrole nitrogens is 1. The minimum absolute atomic E-state index is 0.160. The van der Waals surface area contributed by atoms with Gasteiger partial charge in [0.05, 0.1) is 13.2 Å². The fourth-order valence-electron chi connectivity index (χ4n) is 3.51. The molecule has 0 fully saturated rings. The minimum atomic E-state index is -0.399. The van der Waals surface area contributed by atoms with E-state index in [4.69, 9.17) is 16.3 Å². The Labute approximate surface area is 158 Å². The monoisotopic (exact) mass is 418 g/mol. The number of carbonyl (C=O) groups is 1. The molecular weight excluding hydrogens is 404 g/mol. The lowest BCUT2D eigenvalue weighted by Crippen LogP contribution is -2.45. The topological polar surface area (TPSA) is 54.1 Å². The van der Waals surface area contributed by atoms with Crippen LogP contribution in [0.15, 0.2) is 46.9 Å². The second-order valence-electron chi connectivity index (χ2n) is 6.11. The third-order valence-corrected chi connectivity index (χ3v) is 5.59. The van der Waals surface area contributed by atoms with Gasteiger partial charge in [-0.25, -0.2) is 0 Å². The summed E-state index contributed by atoms with van der Waals surface area (Å²) in [6.07, 6.45) is 0.591. The lowest BCUT2D eigenvalue weighted by molar-refractivity contribution is -0.143. The Kier molecular flexibility index (Phi) is 4.31. The zero-order valence-electron chi connectivity index (χ0n) is 13.5. The molecule has 2 N–H and O–H groups in total. The molecule has 0 bridgehead atoms. The van der Waals surface area contributed by atoms with Crippen LogP contribution in [-0.4, -0.2) is 24.1 Å². The molecule has 1 aromatic heterocycles. The zero-order valence-corrected chi connectivity index (χ0v) is 15.8. The van der Waals surface area contributed by atoms with Gasteiger partial charge >= 0.3 is 5.97 Å². The molecule has 0 amide bonds. The van der Waals surface area contributed by atoms with E-state index in [2.05, 4.69) is 38.4 Å². The van der Waals surface area contributed by atoms with Gasteiger partial charge in [-0.05, 0) is 29.3 Å². The maximum atomic E-state index is 12.2. The average molecular weight is 420 g/mol. The van der Waals surface area contributed by atoms with Crippen LogP contribution in [-0.2, 0) is 16.0 Å². The molecule has 0 unspecified atom stereocenters. The summed E-state index contributed by atoms with van der Waals surface area (Å²) in [5, 5.41) is 5.22. The van der Waals surface area contributed by atoms with Crippen molar-refractivity contribution < 1.29 is 9.53 Å². The van der Waals surface area contributed by atoms with Crippen LogP contribution in [0.25, 0.3) is 10.9 Å². The number of carbonyl (C=O) groups excluding carboxylic acids is 1. The van der Waals surface area contributed by atoms with Gasteiger partial charge in [0, 0.05) is 32.5 Å². The van der Waals surface area contributed by atoms with Crippen molar-refractivity contribution in [2.75, 3.05) is 7.11 Å². The SMILES string of the molecule is COC(=O)[C@@H]1Cc2c([nH]c3ccccc23)[C@H](c2ccc(Cl)cc2Br)N1. The summed E-state index contributed by atoms with van der Waals surface area (Å²) in [4.78, 5) is 15.7. The van der Waals surface area contributed by atoms with E-state index in [1.54, 1.807) is 0 Å². The maximum Gasteiger partial charge on any atom is 0.323 e. The molecule has 0 spiro atoms. The van der Waals surface area contributed by atoms with E-state index in [0.29, 0.717) is 11.4 Å². The molecular formula is C19H16BrClN2O2. The second-order valence-corrected chi connectivity index (χ2v) is 7.40. The number of hydrogen-bond acceptors (Lipinski definition) is 3. The highest BCUT2D eigenvalue weighted by atomic mass is 79.9. The van der Waals surface area contributed by atoms with Crippen LogP contribution in [0, 0.1) is 0 Å². The summed E-state index contributed by atoms with van der Waals surface area (Å²) in [7, 11) is 1.42. The molecule has 1 aliphatic rings. The van der Waals surface area contributed by atoms with Gasteiger partial charge in [0.25, 0.3) is 0 Å². The highest BCUT2D eigenvalue weighted by Crippen LogP contribution is 2.38. The van der Waals surface area contributed by atoms with Crippen LogP contribution < -0.4 is 5.32 Å². The number of hydrogen-bond donors (Lipinski definition) is 2. The first kappa shape index (κ1) is 16.6. The Hall–Kier alpha value is -1.82. The lowest BCUT2D eigenvalue weighted by atomic mass is 9.90. The van der Waals surface area contributed by atoms with Crippen molar-refractivity contribution in [2.45, 2.75) is 18.5 Å². The van der Waals surface area contributed by atoms with E-state index in [9.17, 15) is 4.79 Å². The summed E-state index contributed by atoms with van der Waals surface area (Å²) in [6, 6.07) is 13.3. The van der Waals surface area contributed by atoms with Crippen LogP contribution in [0.5, 0.6) is 0 Å². The van der Waals surface area contributed by atoms with Crippen molar-refractivity contribution in [3.05, 3.63) is 68.8 Å². The first-order valence-corrected chi connectivity index (χ1v) is 9.14. The first-order chi connectivity index (χ1) is 12.1. The van der Waals surface area contributed by atoms with E-state index in [-0.39, 0.29) is 12.0 Å². The summed E-state index contributed by atoms with van der Waals surface area (Å²) < 4.78 is 5.88. The Balaban J connectivity index is 1.90. The molecule has 2 aromatic carbocycles. The minimum Gasteiger partial charge on any atom is -0.468 e. The Bertz CT molecular complexity index is 969. The quantitative estimate of drug-likeness (QED) is 0.607. The Morgan fingerprint density at radius 3 is 2.84 bits per heavy atom. The number of fused-ring (bicyclic) bond motifs is 3. The van der Waals surface area contributed by atoms with Crippen LogP contribution in [0.4, 0.5) is 0 Å². The van der Waals surface area contributed by atoms with Crippen LogP contribution >= 0.6 is 27.5 Å². The van der Waals surface area contributed by atoms with E-state index >= 15 is 0 Å². The Morgan fingerprint density at radius 1 is 1.28 bits per heavy atom. The van der Waals surface area contributed by atoms with E-state index in [0.717, 1.165) is 32.2 Å². The van der Waals surface area contributed by atoms with Crippen molar-refractivity contribution in [3.8, 4) is 0 Å². The van der Waals surface area contributed by atoms with Gasteiger partial charge in [0.15, 0.2) is 0 Å². The number of nitrogens with one attached hydrogen (secondary N) is 2. The first-order valence-electron chi connectivity index (χ1n) is 7.97. The summed E-state index contributed by atoms with van der Waals surface area (Å²) in [5.74, 6) is -0.258. The van der Waals surface area contributed by atoms with Gasteiger partial charge in [-0.3, -0.25) is 10.1 Å².